The van der Waals surface area contributed by atoms with E-state index in [2.05, 4.69) is 4.98 Å². The molecule has 0 saturated heterocycles. The third-order valence-corrected chi connectivity index (χ3v) is 3.70. The van der Waals surface area contributed by atoms with E-state index in [0.717, 1.165) is 15.6 Å². The topological polar surface area (TPSA) is 75.1 Å². The SMILES string of the molecule is O=C(O)Cn1sc2c([nH]c3ccccc32)c1=O. The van der Waals surface area contributed by atoms with E-state index in [0.29, 0.717) is 5.52 Å². The zero-order valence-electron chi connectivity index (χ0n) is 8.64. The molecule has 0 atom stereocenters. The number of rotatable bonds is 2. The van der Waals surface area contributed by atoms with Gasteiger partial charge in [0.2, 0.25) is 0 Å². The van der Waals surface area contributed by atoms with Gasteiger partial charge in [-0.25, -0.2) is 0 Å². The van der Waals surface area contributed by atoms with Gasteiger partial charge in [0.05, 0.1) is 4.70 Å². The summed E-state index contributed by atoms with van der Waals surface area (Å²) in [5.41, 5.74) is 1.11. The summed E-state index contributed by atoms with van der Waals surface area (Å²) in [6.45, 7) is -0.291. The molecule has 0 aliphatic rings. The number of carboxylic acids is 1. The van der Waals surface area contributed by atoms with E-state index in [1.807, 2.05) is 24.3 Å². The lowest BCUT2D eigenvalue weighted by Gasteiger charge is -1.93. The van der Waals surface area contributed by atoms with Crippen molar-refractivity contribution in [2.45, 2.75) is 6.54 Å². The van der Waals surface area contributed by atoms with Crippen LogP contribution in [0.2, 0.25) is 0 Å². The Morgan fingerprint density at radius 3 is 2.94 bits per heavy atom. The molecule has 17 heavy (non-hydrogen) atoms. The van der Waals surface area contributed by atoms with Gasteiger partial charge < -0.3 is 10.1 Å². The number of H-pyrrole nitrogens is 1. The van der Waals surface area contributed by atoms with Crippen LogP contribution in [0.15, 0.2) is 29.1 Å². The minimum absolute atomic E-state index is 0.274. The van der Waals surface area contributed by atoms with Gasteiger partial charge in [0.15, 0.2) is 0 Å². The van der Waals surface area contributed by atoms with Crippen molar-refractivity contribution in [1.82, 2.24) is 8.94 Å². The highest BCUT2D eigenvalue weighted by atomic mass is 32.1. The predicted molar refractivity (Wildman–Crippen MR) is 65.6 cm³/mol. The van der Waals surface area contributed by atoms with Crippen LogP contribution in [0.4, 0.5) is 0 Å². The highest BCUT2D eigenvalue weighted by Gasteiger charge is 2.14. The maximum absolute atomic E-state index is 11.9. The lowest BCUT2D eigenvalue weighted by Crippen LogP contribution is -2.18. The molecule has 5 nitrogen and oxygen atoms in total. The second-order valence-corrected chi connectivity index (χ2v) is 4.73. The average Bonchev–Trinajstić information content (AvgIpc) is 2.78. The van der Waals surface area contributed by atoms with Gasteiger partial charge >= 0.3 is 5.97 Å². The fourth-order valence-corrected chi connectivity index (χ4v) is 2.94. The van der Waals surface area contributed by atoms with Gasteiger partial charge in [-0.15, -0.1) is 0 Å². The van der Waals surface area contributed by atoms with Crippen LogP contribution in [0, 0.1) is 0 Å². The molecule has 1 aromatic carbocycles. The summed E-state index contributed by atoms with van der Waals surface area (Å²) < 4.78 is 2.06. The van der Waals surface area contributed by atoms with Crippen LogP contribution in [0.3, 0.4) is 0 Å². The molecule has 2 N–H and O–H groups in total. The van der Waals surface area contributed by atoms with Gasteiger partial charge in [0.1, 0.15) is 12.1 Å². The Bertz CT molecular complexity index is 781. The van der Waals surface area contributed by atoms with Gasteiger partial charge in [0.25, 0.3) is 5.56 Å². The largest absolute Gasteiger partial charge is 0.480 e. The zero-order chi connectivity index (χ0) is 12.0. The average molecular weight is 248 g/mol. The molecular weight excluding hydrogens is 240 g/mol. The van der Waals surface area contributed by atoms with Crippen LogP contribution in [-0.2, 0) is 11.3 Å². The van der Waals surface area contributed by atoms with Crippen molar-refractivity contribution in [3.8, 4) is 0 Å². The summed E-state index contributed by atoms with van der Waals surface area (Å²) in [6, 6.07) is 7.58. The van der Waals surface area contributed by atoms with E-state index in [1.54, 1.807) is 0 Å². The zero-order valence-corrected chi connectivity index (χ0v) is 9.45. The normalized spacial score (nSPS) is 11.3. The van der Waals surface area contributed by atoms with Crippen LogP contribution >= 0.6 is 11.5 Å². The molecule has 0 aliphatic carbocycles. The van der Waals surface area contributed by atoms with Crippen molar-refractivity contribution < 1.29 is 9.90 Å². The Hall–Kier alpha value is -2.08. The molecule has 0 unspecified atom stereocenters. The Labute approximate surface area is 99.1 Å². The lowest BCUT2D eigenvalue weighted by atomic mass is 10.2. The first kappa shape index (κ1) is 10.1. The van der Waals surface area contributed by atoms with Gasteiger partial charge in [-0.2, -0.15) is 0 Å². The number of aromatic nitrogens is 2. The number of hydrogen-bond donors (Lipinski definition) is 2. The van der Waals surface area contributed by atoms with Crippen LogP contribution < -0.4 is 5.56 Å². The standard InChI is InChI=1S/C11H8N2O3S/c14-8(15)5-13-11(16)9-10(17-13)6-3-1-2-4-7(6)12-9/h1-4,12H,5H2,(H,14,15). The fraction of sp³-hybridized carbons (Fsp3) is 0.0909. The highest BCUT2D eigenvalue weighted by Crippen LogP contribution is 2.26. The summed E-state index contributed by atoms with van der Waals surface area (Å²) >= 11 is 1.18. The molecule has 2 aromatic heterocycles. The van der Waals surface area contributed by atoms with Gasteiger partial charge in [0, 0.05) is 10.9 Å². The smallest absolute Gasteiger partial charge is 0.324 e. The molecule has 0 radical (unpaired) electrons. The van der Waals surface area contributed by atoms with Gasteiger partial charge in [-0.3, -0.25) is 13.5 Å². The van der Waals surface area contributed by atoms with Crippen molar-refractivity contribution in [3.63, 3.8) is 0 Å². The van der Waals surface area contributed by atoms with Gasteiger partial charge in [-0.1, -0.05) is 29.7 Å². The summed E-state index contributed by atoms with van der Waals surface area (Å²) in [7, 11) is 0. The summed E-state index contributed by atoms with van der Waals surface area (Å²) in [5.74, 6) is -1.01. The number of nitrogens with one attached hydrogen (secondary N) is 1. The first-order valence-electron chi connectivity index (χ1n) is 4.99. The first-order valence-corrected chi connectivity index (χ1v) is 5.76. The number of hydrogen-bond acceptors (Lipinski definition) is 3. The van der Waals surface area contributed by atoms with Crippen LogP contribution in [-0.4, -0.2) is 20.0 Å². The fourth-order valence-electron chi connectivity index (χ4n) is 1.86. The number of aromatic amines is 1. The Kier molecular flexibility index (Phi) is 2.05. The predicted octanol–water partition coefficient (Wildman–Crippen LogP) is 1.63. The number of aliphatic carboxylic acids is 1. The molecule has 0 bridgehead atoms. The van der Waals surface area contributed by atoms with Crippen molar-refractivity contribution in [2.24, 2.45) is 0 Å². The van der Waals surface area contributed by atoms with E-state index in [1.165, 1.54) is 15.5 Å². The Morgan fingerprint density at radius 2 is 2.18 bits per heavy atom. The number of benzene rings is 1. The molecule has 6 heteroatoms. The van der Waals surface area contributed by atoms with E-state index in [4.69, 9.17) is 5.11 Å². The Morgan fingerprint density at radius 1 is 1.41 bits per heavy atom. The van der Waals surface area contributed by atoms with Crippen molar-refractivity contribution in [3.05, 3.63) is 34.6 Å². The molecule has 86 valence electrons. The van der Waals surface area contributed by atoms with E-state index in [9.17, 15) is 9.59 Å². The Balaban J connectivity index is 2.34. The molecule has 3 rings (SSSR count). The minimum Gasteiger partial charge on any atom is -0.480 e. The summed E-state index contributed by atoms with van der Waals surface area (Å²) in [4.78, 5) is 25.6. The number of para-hydroxylation sites is 1. The summed E-state index contributed by atoms with van der Waals surface area (Å²) in [6.07, 6.45) is 0. The van der Waals surface area contributed by atoms with Gasteiger partial charge in [-0.05, 0) is 6.07 Å². The molecule has 2 heterocycles. The number of nitrogens with zero attached hydrogens (tertiary/aromatic N) is 1. The minimum atomic E-state index is -1.01. The second-order valence-electron chi connectivity index (χ2n) is 3.70. The summed E-state index contributed by atoms with van der Waals surface area (Å²) in [5, 5.41) is 9.66. The van der Waals surface area contributed by atoms with Crippen LogP contribution in [0.5, 0.6) is 0 Å². The maximum Gasteiger partial charge on any atom is 0.324 e. The molecule has 0 spiro atoms. The third-order valence-electron chi connectivity index (χ3n) is 2.58. The molecule has 0 amide bonds. The molecule has 3 aromatic rings. The van der Waals surface area contributed by atoms with E-state index >= 15 is 0 Å². The molecule has 0 saturated carbocycles. The second kappa shape index (κ2) is 3.46. The maximum atomic E-state index is 11.9. The molecule has 0 fully saturated rings. The van der Waals surface area contributed by atoms with Crippen LogP contribution in [0.1, 0.15) is 0 Å². The number of carboxylic acid groups (broad SMARTS) is 1. The number of fused-ring (bicyclic) bond motifs is 3. The van der Waals surface area contributed by atoms with Crippen molar-refractivity contribution in [2.75, 3.05) is 0 Å². The highest BCUT2D eigenvalue weighted by molar-refractivity contribution is 7.15. The lowest BCUT2D eigenvalue weighted by molar-refractivity contribution is -0.137. The monoisotopic (exact) mass is 248 g/mol. The molecule has 0 aliphatic heterocycles. The van der Waals surface area contributed by atoms with Crippen molar-refractivity contribution >= 4 is 38.6 Å². The number of carbonyl (C=O) groups is 1. The first-order chi connectivity index (χ1) is 8.16. The third kappa shape index (κ3) is 1.45. The molecular formula is C11H8N2O3S. The van der Waals surface area contributed by atoms with E-state index < -0.39 is 5.97 Å². The van der Waals surface area contributed by atoms with Crippen molar-refractivity contribution in [1.29, 1.82) is 0 Å². The quantitative estimate of drug-likeness (QED) is 0.723. The van der Waals surface area contributed by atoms with E-state index in [-0.39, 0.29) is 12.1 Å². The van der Waals surface area contributed by atoms with Crippen LogP contribution in [0.25, 0.3) is 21.1 Å².